The number of nitrogens with zero attached hydrogens (tertiary/aromatic N) is 2. The summed E-state index contributed by atoms with van der Waals surface area (Å²) in [4.78, 5) is 18.7. The van der Waals surface area contributed by atoms with Crippen LogP contribution in [0.4, 0.5) is 18.9 Å². The molecule has 5 rings (SSSR count). The Morgan fingerprint density at radius 3 is 2.77 bits per heavy atom. The van der Waals surface area contributed by atoms with Gasteiger partial charge < -0.3 is 15.5 Å². The molecule has 2 saturated heterocycles. The fraction of sp³-hybridized carbons (Fsp3) is 0.481. The molecule has 1 aromatic carbocycles. The van der Waals surface area contributed by atoms with Crippen molar-refractivity contribution in [3.05, 3.63) is 48.3 Å². The number of rotatable bonds is 7. The summed E-state index contributed by atoms with van der Waals surface area (Å²) in [6.07, 6.45) is 5.12. The highest BCUT2D eigenvalue weighted by Gasteiger charge is 2.35. The number of hydrogen-bond donors (Lipinski definition) is 2. The van der Waals surface area contributed by atoms with E-state index in [0.29, 0.717) is 29.1 Å². The van der Waals surface area contributed by atoms with Gasteiger partial charge in [-0.15, -0.1) is 0 Å². The summed E-state index contributed by atoms with van der Waals surface area (Å²) in [6.45, 7) is 5.84. The number of nitrogens with one attached hydrogen (secondary N) is 2. The van der Waals surface area contributed by atoms with Gasteiger partial charge in [-0.3, -0.25) is 4.79 Å². The number of anilines is 1. The lowest BCUT2D eigenvalue weighted by Gasteiger charge is -2.35. The van der Waals surface area contributed by atoms with E-state index in [-0.39, 0.29) is 23.6 Å². The summed E-state index contributed by atoms with van der Waals surface area (Å²) >= 11 is 0. The van der Waals surface area contributed by atoms with E-state index in [1.54, 1.807) is 24.3 Å². The van der Waals surface area contributed by atoms with Crippen LogP contribution < -0.4 is 10.6 Å². The monoisotopic (exact) mass is 484 g/mol. The maximum atomic E-state index is 13.6. The highest BCUT2D eigenvalue weighted by Crippen LogP contribution is 2.38. The first-order valence-electron chi connectivity index (χ1n) is 12.4. The molecule has 8 heteroatoms. The maximum Gasteiger partial charge on any atom is 0.417 e. The standard InChI is InChI=1S/C27H31F3N4O/c1-17(27(28,29)30)25-22-7-2-8-24(32-20-11-14-34-13-4-6-21(34)15-20)23(22)16-19(33-25)5-3-12-31-26(35)18-9-10-18/h2-3,5,7-8,16,18,20-21,32H,1,4,6,9-15H2,(H,31,35)/b5-3+. The van der Waals surface area contributed by atoms with E-state index < -0.39 is 11.7 Å². The molecule has 35 heavy (non-hydrogen) atoms. The second kappa shape index (κ2) is 9.64. The van der Waals surface area contributed by atoms with Crippen molar-refractivity contribution < 1.29 is 18.0 Å². The molecule has 1 aliphatic carbocycles. The van der Waals surface area contributed by atoms with Gasteiger partial charge in [0.25, 0.3) is 0 Å². The van der Waals surface area contributed by atoms with Crippen LogP contribution in [0.25, 0.3) is 22.4 Å². The van der Waals surface area contributed by atoms with E-state index in [1.807, 2.05) is 12.1 Å². The molecule has 2 unspecified atom stereocenters. The van der Waals surface area contributed by atoms with E-state index in [1.165, 1.54) is 12.8 Å². The van der Waals surface area contributed by atoms with Gasteiger partial charge in [0.2, 0.25) is 5.91 Å². The number of carbonyl (C=O) groups excluding carboxylic acids is 1. The minimum atomic E-state index is -4.58. The molecule has 0 spiro atoms. The fourth-order valence-electron chi connectivity index (χ4n) is 5.28. The number of benzene rings is 1. The maximum absolute atomic E-state index is 13.6. The number of halogens is 3. The number of amides is 1. The van der Waals surface area contributed by atoms with E-state index in [4.69, 9.17) is 0 Å². The molecule has 3 aliphatic rings. The smallest absolute Gasteiger partial charge is 0.382 e. The molecule has 2 N–H and O–H groups in total. The average molecular weight is 485 g/mol. The molecule has 2 atom stereocenters. The van der Waals surface area contributed by atoms with Crippen LogP contribution in [0.5, 0.6) is 0 Å². The van der Waals surface area contributed by atoms with Crippen molar-refractivity contribution in [2.75, 3.05) is 25.0 Å². The molecule has 1 saturated carbocycles. The quantitative estimate of drug-likeness (QED) is 0.554. The predicted molar refractivity (Wildman–Crippen MR) is 133 cm³/mol. The van der Waals surface area contributed by atoms with Crippen molar-refractivity contribution in [1.29, 1.82) is 0 Å². The third-order valence-corrected chi connectivity index (χ3v) is 7.33. The number of carbonyl (C=O) groups is 1. The Bertz CT molecular complexity index is 1160. The van der Waals surface area contributed by atoms with Crippen LogP contribution in [0, 0.1) is 5.92 Å². The first-order chi connectivity index (χ1) is 16.8. The van der Waals surface area contributed by atoms with Crippen LogP contribution in [-0.2, 0) is 4.79 Å². The zero-order chi connectivity index (χ0) is 24.6. The van der Waals surface area contributed by atoms with Crippen LogP contribution >= 0.6 is 0 Å². The van der Waals surface area contributed by atoms with E-state index in [0.717, 1.165) is 44.5 Å². The summed E-state index contributed by atoms with van der Waals surface area (Å²) < 4.78 is 40.9. The predicted octanol–water partition coefficient (Wildman–Crippen LogP) is 5.39. The zero-order valence-corrected chi connectivity index (χ0v) is 19.7. The van der Waals surface area contributed by atoms with E-state index in [9.17, 15) is 18.0 Å². The number of fused-ring (bicyclic) bond motifs is 2. The highest BCUT2D eigenvalue weighted by molar-refractivity contribution is 6.00. The molecule has 1 amide bonds. The third-order valence-electron chi connectivity index (χ3n) is 7.33. The summed E-state index contributed by atoms with van der Waals surface area (Å²) in [5.41, 5.74) is 0.0924. The highest BCUT2D eigenvalue weighted by atomic mass is 19.4. The summed E-state index contributed by atoms with van der Waals surface area (Å²) in [6, 6.07) is 8.04. The number of alkyl halides is 3. The molecule has 0 bridgehead atoms. The molecule has 2 aliphatic heterocycles. The lowest BCUT2D eigenvalue weighted by molar-refractivity contribution is -0.122. The van der Waals surface area contributed by atoms with Gasteiger partial charge in [0.15, 0.2) is 0 Å². The minimum Gasteiger partial charge on any atom is -0.382 e. The van der Waals surface area contributed by atoms with Gasteiger partial charge in [-0.1, -0.05) is 24.8 Å². The van der Waals surface area contributed by atoms with Crippen LogP contribution in [-0.4, -0.2) is 53.7 Å². The van der Waals surface area contributed by atoms with E-state index >= 15 is 0 Å². The molecule has 5 nitrogen and oxygen atoms in total. The Labute approximate surface area is 203 Å². The lowest BCUT2D eigenvalue weighted by Crippen LogP contribution is -2.42. The van der Waals surface area contributed by atoms with Crippen LogP contribution in [0.15, 0.2) is 36.9 Å². The van der Waals surface area contributed by atoms with Crippen molar-refractivity contribution in [1.82, 2.24) is 15.2 Å². The van der Waals surface area contributed by atoms with Crippen LogP contribution in [0.2, 0.25) is 0 Å². The normalized spacial score (nSPS) is 22.9. The van der Waals surface area contributed by atoms with Gasteiger partial charge in [0.05, 0.1) is 17.0 Å². The summed E-state index contributed by atoms with van der Waals surface area (Å²) in [5, 5.41) is 7.57. The van der Waals surface area contributed by atoms with Crippen molar-refractivity contribution in [3.8, 4) is 0 Å². The summed E-state index contributed by atoms with van der Waals surface area (Å²) in [5.74, 6) is 0.126. The van der Waals surface area contributed by atoms with Crippen molar-refractivity contribution in [2.45, 2.75) is 56.8 Å². The number of piperidine rings is 1. The number of allylic oxidation sites excluding steroid dienone is 1. The second-order valence-corrected chi connectivity index (χ2v) is 9.89. The Morgan fingerprint density at radius 1 is 1.17 bits per heavy atom. The Kier molecular flexibility index (Phi) is 6.57. The first-order valence-corrected chi connectivity index (χ1v) is 12.4. The lowest BCUT2D eigenvalue weighted by atomic mass is 9.96. The molecule has 1 aromatic heterocycles. The molecular formula is C27H31F3N4O. The van der Waals surface area contributed by atoms with Crippen molar-refractivity contribution >= 4 is 34.0 Å². The molecule has 0 radical (unpaired) electrons. The number of aromatic nitrogens is 1. The largest absolute Gasteiger partial charge is 0.417 e. The molecule has 2 aromatic rings. The second-order valence-electron chi connectivity index (χ2n) is 9.89. The third kappa shape index (κ3) is 5.37. The Balaban J connectivity index is 1.43. The zero-order valence-electron chi connectivity index (χ0n) is 19.7. The topological polar surface area (TPSA) is 57.3 Å². The van der Waals surface area contributed by atoms with Gasteiger partial charge >= 0.3 is 6.18 Å². The molecule has 186 valence electrons. The molecular weight excluding hydrogens is 453 g/mol. The fourth-order valence-corrected chi connectivity index (χ4v) is 5.28. The van der Waals surface area contributed by atoms with Gasteiger partial charge in [0, 0.05) is 47.6 Å². The Morgan fingerprint density at radius 2 is 2.00 bits per heavy atom. The van der Waals surface area contributed by atoms with Gasteiger partial charge in [0.1, 0.15) is 0 Å². The van der Waals surface area contributed by atoms with Crippen molar-refractivity contribution in [2.24, 2.45) is 5.92 Å². The number of hydrogen-bond acceptors (Lipinski definition) is 4. The van der Waals surface area contributed by atoms with Crippen LogP contribution in [0.3, 0.4) is 0 Å². The van der Waals surface area contributed by atoms with Crippen molar-refractivity contribution in [3.63, 3.8) is 0 Å². The molecule has 3 fully saturated rings. The van der Waals surface area contributed by atoms with Gasteiger partial charge in [-0.25, -0.2) is 4.98 Å². The first kappa shape index (κ1) is 23.9. The van der Waals surface area contributed by atoms with Crippen LogP contribution in [0.1, 0.15) is 49.9 Å². The van der Waals surface area contributed by atoms with Gasteiger partial charge in [-0.05, 0) is 63.3 Å². The van der Waals surface area contributed by atoms with E-state index in [2.05, 4.69) is 27.1 Å². The Hall–Kier alpha value is -2.87. The molecule has 3 heterocycles. The average Bonchev–Trinajstić information content (AvgIpc) is 3.58. The number of pyridine rings is 1. The minimum absolute atomic E-state index is 0.0204. The van der Waals surface area contributed by atoms with Gasteiger partial charge in [-0.2, -0.15) is 13.2 Å². The SMILES string of the molecule is C=C(c1nc(/C=C/CNC(=O)C2CC2)cc2c(NC3CCN4CCCC4C3)cccc12)C(F)(F)F. The summed E-state index contributed by atoms with van der Waals surface area (Å²) in [7, 11) is 0.